The smallest absolute Gasteiger partial charge is 0.242 e. The van der Waals surface area contributed by atoms with Crippen LogP contribution in [0.1, 0.15) is 12.8 Å². The summed E-state index contributed by atoms with van der Waals surface area (Å²) in [5.74, 6) is -0.193. The van der Waals surface area contributed by atoms with Gasteiger partial charge in [0.25, 0.3) is 0 Å². The van der Waals surface area contributed by atoms with Crippen LogP contribution in [0.5, 0.6) is 0 Å². The topological polar surface area (TPSA) is 92.5 Å². The molecule has 3 amide bonds. The minimum Gasteiger partial charge on any atom is -0.370 e. The summed E-state index contributed by atoms with van der Waals surface area (Å²) in [6.45, 7) is 0.997. The van der Waals surface area contributed by atoms with Crippen molar-refractivity contribution in [3.05, 3.63) is 0 Å². The molecule has 0 spiro atoms. The van der Waals surface area contributed by atoms with Gasteiger partial charge in [0.15, 0.2) is 0 Å². The molecule has 0 aliphatic carbocycles. The van der Waals surface area contributed by atoms with Crippen LogP contribution in [0.3, 0.4) is 0 Å². The fourth-order valence-corrected chi connectivity index (χ4v) is 2.68. The Labute approximate surface area is 104 Å². The lowest BCUT2D eigenvalue weighted by Crippen LogP contribution is -2.36. The third-order valence-electron chi connectivity index (χ3n) is 2.46. The van der Waals surface area contributed by atoms with Crippen molar-refractivity contribution in [2.45, 2.75) is 18.1 Å². The zero-order valence-electron chi connectivity index (χ0n) is 9.77. The molecule has 1 aliphatic heterocycles. The van der Waals surface area contributed by atoms with Crippen molar-refractivity contribution >= 4 is 29.5 Å². The molecule has 7 heteroatoms. The van der Waals surface area contributed by atoms with Crippen LogP contribution in [0.15, 0.2) is 0 Å². The lowest BCUT2D eigenvalue weighted by Gasteiger charge is -2.14. The largest absolute Gasteiger partial charge is 0.370 e. The molecule has 0 radical (unpaired) electrons. The average molecular weight is 259 g/mol. The fraction of sp³-hybridized carbons (Fsp3) is 0.700. The quantitative estimate of drug-likeness (QED) is 0.569. The van der Waals surface area contributed by atoms with E-state index in [4.69, 9.17) is 5.73 Å². The third kappa shape index (κ3) is 4.01. The van der Waals surface area contributed by atoms with E-state index in [0.29, 0.717) is 18.8 Å². The Morgan fingerprint density at radius 3 is 2.88 bits per heavy atom. The predicted octanol–water partition coefficient (Wildman–Crippen LogP) is -1.06. The highest BCUT2D eigenvalue weighted by molar-refractivity contribution is 8.00. The first-order chi connectivity index (χ1) is 8.06. The van der Waals surface area contributed by atoms with Crippen LogP contribution in [0.4, 0.5) is 0 Å². The molecule has 1 atom stereocenters. The van der Waals surface area contributed by atoms with Crippen LogP contribution >= 0.6 is 11.8 Å². The summed E-state index contributed by atoms with van der Waals surface area (Å²) in [6, 6.07) is 0. The van der Waals surface area contributed by atoms with Crippen LogP contribution in [0, 0.1) is 0 Å². The highest BCUT2D eigenvalue weighted by Gasteiger charge is 2.38. The van der Waals surface area contributed by atoms with Gasteiger partial charge in [-0.1, -0.05) is 0 Å². The molecule has 1 unspecified atom stereocenters. The SMILES string of the molecule is CNCCN1C(=O)CC(SCCC(N)=O)C1=O. The van der Waals surface area contributed by atoms with Gasteiger partial charge in [0.2, 0.25) is 17.7 Å². The predicted molar refractivity (Wildman–Crippen MR) is 65.3 cm³/mol. The number of likely N-dealkylation sites (N-methyl/N-ethyl adjacent to an activating group) is 1. The average Bonchev–Trinajstić information content (AvgIpc) is 2.52. The normalized spacial score (nSPS) is 20.1. The molecule has 0 aromatic heterocycles. The van der Waals surface area contributed by atoms with Crippen molar-refractivity contribution in [2.24, 2.45) is 5.73 Å². The van der Waals surface area contributed by atoms with Gasteiger partial charge >= 0.3 is 0 Å². The Morgan fingerprint density at radius 1 is 1.59 bits per heavy atom. The number of carbonyl (C=O) groups is 3. The van der Waals surface area contributed by atoms with Gasteiger partial charge in [-0.25, -0.2) is 0 Å². The zero-order valence-corrected chi connectivity index (χ0v) is 10.6. The zero-order chi connectivity index (χ0) is 12.8. The molecule has 0 saturated carbocycles. The number of thioether (sulfide) groups is 1. The Bertz CT molecular complexity index is 322. The fourth-order valence-electron chi connectivity index (χ4n) is 1.54. The van der Waals surface area contributed by atoms with E-state index in [1.165, 1.54) is 16.7 Å². The number of hydrogen-bond acceptors (Lipinski definition) is 5. The summed E-state index contributed by atoms with van der Waals surface area (Å²) in [5, 5.41) is 2.55. The minimum absolute atomic E-state index is 0.137. The van der Waals surface area contributed by atoms with Crippen molar-refractivity contribution in [2.75, 3.05) is 25.9 Å². The number of hydrogen-bond donors (Lipinski definition) is 2. The summed E-state index contributed by atoms with van der Waals surface area (Å²) in [4.78, 5) is 35.2. The molecule has 1 heterocycles. The molecule has 17 heavy (non-hydrogen) atoms. The van der Waals surface area contributed by atoms with Gasteiger partial charge in [-0.15, -0.1) is 11.8 Å². The molecular weight excluding hydrogens is 242 g/mol. The maximum Gasteiger partial charge on any atom is 0.242 e. The number of likely N-dealkylation sites (tertiary alicyclic amines) is 1. The number of rotatable bonds is 7. The summed E-state index contributed by atoms with van der Waals surface area (Å²) < 4.78 is 0. The number of nitrogens with one attached hydrogen (secondary N) is 1. The molecule has 0 bridgehead atoms. The first kappa shape index (κ1) is 14.0. The summed E-state index contributed by atoms with van der Waals surface area (Å²) in [7, 11) is 1.77. The van der Waals surface area contributed by atoms with E-state index < -0.39 is 0 Å². The maximum absolute atomic E-state index is 11.8. The molecule has 3 N–H and O–H groups in total. The highest BCUT2D eigenvalue weighted by atomic mass is 32.2. The number of imide groups is 1. The van der Waals surface area contributed by atoms with E-state index in [1.807, 2.05) is 0 Å². The summed E-state index contributed by atoms with van der Waals surface area (Å²) >= 11 is 1.33. The van der Waals surface area contributed by atoms with E-state index in [1.54, 1.807) is 7.05 Å². The van der Waals surface area contributed by atoms with Crippen molar-refractivity contribution in [1.29, 1.82) is 0 Å². The van der Waals surface area contributed by atoms with Gasteiger partial charge in [0, 0.05) is 31.7 Å². The number of carbonyl (C=O) groups excluding carboxylic acids is 3. The second kappa shape index (κ2) is 6.61. The number of amides is 3. The molecular formula is C10H17N3O3S. The molecule has 1 fully saturated rings. The first-order valence-electron chi connectivity index (χ1n) is 5.45. The molecule has 1 saturated heterocycles. The van der Waals surface area contributed by atoms with Gasteiger partial charge in [-0.2, -0.15) is 0 Å². The van der Waals surface area contributed by atoms with Crippen LogP contribution in [0.2, 0.25) is 0 Å². The minimum atomic E-state index is -0.388. The molecule has 1 rings (SSSR count). The standard InChI is InChI=1S/C10H17N3O3S/c1-12-3-4-13-9(15)6-7(10(13)16)17-5-2-8(11)14/h7,12H,2-6H2,1H3,(H2,11,14). The van der Waals surface area contributed by atoms with Gasteiger partial charge < -0.3 is 11.1 Å². The Morgan fingerprint density at radius 2 is 2.29 bits per heavy atom. The Kier molecular flexibility index (Phi) is 5.43. The number of nitrogens with zero attached hydrogens (tertiary/aromatic N) is 1. The van der Waals surface area contributed by atoms with Gasteiger partial charge in [-0.3, -0.25) is 19.3 Å². The van der Waals surface area contributed by atoms with Crippen molar-refractivity contribution in [1.82, 2.24) is 10.2 Å². The van der Waals surface area contributed by atoms with E-state index in [0.717, 1.165) is 0 Å². The molecule has 6 nitrogen and oxygen atoms in total. The van der Waals surface area contributed by atoms with E-state index in [-0.39, 0.29) is 35.8 Å². The number of primary amides is 1. The third-order valence-corrected chi connectivity index (χ3v) is 3.67. The summed E-state index contributed by atoms with van der Waals surface area (Å²) in [6.07, 6.45) is 0.463. The van der Waals surface area contributed by atoms with Gasteiger partial charge in [0.1, 0.15) is 0 Å². The second-order valence-electron chi connectivity index (χ2n) is 3.77. The molecule has 0 aromatic rings. The van der Waals surface area contributed by atoms with Crippen molar-refractivity contribution in [3.63, 3.8) is 0 Å². The van der Waals surface area contributed by atoms with Crippen LogP contribution in [-0.2, 0) is 14.4 Å². The second-order valence-corrected chi connectivity index (χ2v) is 5.08. The van der Waals surface area contributed by atoms with Crippen molar-refractivity contribution in [3.8, 4) is 0 Å². The Hall–Kier alpha value is -1.08. The van der Waals surface area contributed by atoms with Crippen LogP contribution in [-0.4, -0.2) is 53.8 Å². The Balaban J connectivity index is 2.41. The lowest BCUT2D eigenvalue weighted by atomic mass is 10.4. The lowest BCUT2D eigenvalue weighted by molar-refractivity contribution is -0.138. The van der Waals surface area contributed by atoms with Crippen LogP contribution in [0.25, 0.3) is 0 Å². The van der Waals surface area contributed by atoms with Gasteiger partial charge in [-0.05, 0) is 7.05 Å². The van der Waals surface area contributed by atoms with E-state index in [9.17, 15) is 14.4 Å². The maximum atomic E-state index is 11.8. The first-order valence-corrected chi connectivity index (χ1v) is 6.50. The monoisotopic (exact) mass is 259 g/mol. The molecule has 0 aromatic carbocycles. The molecule has 1 aliphatic rings. The van der Waals surface area contributed by atoms with E-state index in [2.05, 4.69) is 5.32 Å². The summed E-state index contributed by atoms with van der Waals surface area (Å²) in [5.41, 5.74) is 5.01. The highest BCUT2D eigenvalue weighted by Crippen LogP contribution is 2.25. The van der Waals surface area contributed by atoms with Crippen LogP contribution < -0.4 is 11.1 Å². The van der Waals surface area contributed by atoms with E-state index >= 15 is 0 Å². The van der Waals surface area contributed by atoms with Gasteiger partial charge in [0.05, 0.1) is 5.25 Å². The molecule has 96 valence electrons. The number of nitrogens with two attached hydrogens (primary N) is 1. The van der Waals surface area contributed by atoms with Crippen molar-refractivity contribution < 1.29 is 14.4 Å².